The van der Waals surface area contributed by atoms with Gasteiger partial charge in [-0.25, -0.2) is 4.39 Å². The molecule has 6 heteroatoms. The van der Waals surface area contributed by atoms with Gasteiger partial charge in [0.25, 0.3) is 0 Å². The lowest BCUT2D eigenvalue weighted by Crippen LogP contribution is -2.30. The Hall–Kier alpha value is -2.58. The van der Waals surface area contributed by atoms with Crippen molar-refractivity contribution in [3.63, 3.8) is 0 Å². The van der Waals surface area contributed by atoms with Gasteiger partial charge in [0.2, 0.25) is 5.91 Å². The number of hydrogen-bond donors (Lipinski definition) is 2. The molecule has 0 aromatic heterocycles. The average Bonchev–Trinajstić information content (AvgIpc) is 3.39. The van der Waals surface area contributed by atoms with Gasteiger partial charge >= 0.3 is 0 Å². The maximum absolute atomic E-state index is 13.5. The molecule has 0 saturated heterocycles. The lowest BCUT2D eigenvalue weighted by Gasteiger charge is -2.10. The second kappa shape index (κ2) is 7.54. The monoisotopic (exact) mass is 357 g/mol. The number of carbonyl (C=O) groups is 1. The van der Waals surface area contributed by atoms with Gasteiger partial charge in [0.15, 0.2) is 0 Å². The summed E-state index contributed by atoms with van der Waals surface area (Å²) >= 11 is 6.17. The van der Waals surface area contributed by atoms with Crippen molar-refractivity contribution in [2.45, 2.75) is 12.3 Å². The molecule has 3 rings (SSSR count). The first-order valence-corrected chi connectivity index (χ1v) is 8.44. The number of hydrogen-bond acceptors (Lipinski definition) is 3. The van der Waals surface area contributed by atoms with E-state index in [0.717, 1.165) is 12.0 Å². The number of nitrogens with zero attached hydrogens (tertiary/aromatic N) is 1. The standard InChI is InChI=1S/C19H17ClFN3O/c20-16-5-2-1-4-12(16)13-10-14(13)19(25)24-9-8-23-18-7-3-6-17(21)15(18)11-22/h1-7,13-14,23H,8-10H2,(H,24,25). The van der Waals surface area contributed by atoms with Crippen LogP contribution in [0.25, 0.3) is 0 Å². The second-order valence-electron chi connectivity index (χ2n) is 5.96. The highest BCUT2D eigenvalue weighted by atomic mass is 35.5. The molecule has 1 aliphatic rings. The van der Waals surface area contributed by atoms with Crippen molar-refractivity contribution in [2.75, 3.05) is 18.4 Å². The van der Waals surface area contributed by atoms with Crippen molar-refractivity contribution in [2.24, 2.45) is 5.92 Å². The average molecular weight is 358 g/mol. The summed E-state index contributed by atoms with van der Waals surface area (Å²) in [5.41, 5.74) is 1.42. The number of halogens is 2. The van der Waals surface area contributed by atoms with Crippen LogP contribution in [0.4, 0.5) is 10.1 Å². The van der Waals surface area contributed by atoms with Crippen LogP contribution in [0.5, 0.6) is 0 Å². The molecule has 0 aliphatic heterocycles. The first-order valence-electron chi connectivity index (χ1n) is 8.06. The van der Waals surface area contributed by atoms with E-state index in [4.69, 9.17) is 16.9 Å². The summed E-state index contributed by atoms with van der Waals surface area (Å²) in [6.45, 7) is 0.805. The van der Waals surface area contributed by atoms with Crippen LogP contribution in [0.15, 0.2) is 42.5 Å². The van der Waals surface area contributed by atoms with Crippen LogP contribution in [0.2, 0.25) is 5.02 Å². The number of carbonyl (C=O) groups excluding carboxylic acids is 1. The van der Waals surface area contributed by atoms with E-state index >= 15 is 0 Å². The molecule has 0 radical (unpaired) electrons. The molecule has 2 aromatic rings. The molecule has 0 bridgehead atoms. The largest absolute Gasteiger partial charge is 0.382 e. The number of amides is 1. The zero-order chi connectivity index (χ0) is 17.8. The third-order valence-electron chi connectivity index (χ3n) is 4.30. The second-order valence-corrected chi connectivity index (χ2v) is 6.37. The van der Waals surface area contributed by atoms with E-state index < -0.39 is 5.82 Å². The minimum atomic E-state index is -0.558. The van der Waals surface area contributed by atoms with Crippen molar-refractivity contribution < 1.29 is 9.18 Å². The summed E-state index contributed by atoms with van der Waals surface area (Å²) in [4.78, 5) is 12.2. The van der Waals surface area contributed by atoms with Crippen molar-refractivity contribution >= 4 is 23.2 Å². The molecule has 2 unspecified atom stereocenters. The predicted octanol–water partition coefficient (Wildman–Crippen LogP) is 3.68. The van der Waals surface area contributed by atoms with E-state index in [0.29, 0.717) is 23.8 Å². The van der Waals surface area contributed by atoms with E-state index in [1.165, 1.54) is 12.1 Å². The third-order valence-corrected chi connectivity index (χ3v) is 4.64. The first-order chi connectivity index (χ1) is 12.1. The fourth-order valence-electron chi connectivity index (χ4n) is 2.90. The van der Waals surface area contributed by atoms with E-state index in [-0.39, 0.29) is 23.3 Å². The third kappa shape index (κ3) is 3.92. The quantitative estimate of drug-likeness (QED) is 0.775. The topological polar surface area (TPSA) is 64.9 Å². The molecule has 25 heavy (non-hydrogen) atoms. The summed E-state index contributed by atoms with van der Waals surface area (Å²) in [6, 6.07) is 13.8. The van der Waals surface area contributed by atoms with Crippen LogP contribution >= 0.6 is 11.6 Å². The van der Waals surface area contributed by atoms with Crippen LogP contribution in [-0.2, 0) is 4.79 Å². The molecule has 1 aliphatic carbocycles. The SMILES string of the molecule is N#Cc1c(F)cccc1NCCNC(=O)C1CC1c1ccccc1Cl. The van der Waals surface area contributed by atoms with Crippen molar-refractivity contribution in [1.29, 1.82) is 5.26 Å². The summed E-state index contributed by atoms with van der Waals surface area (Å²) < 4.78 is 13.5. The molecular weight excluding hydrogens is 341 g/mol. The Bertz CT molecular complexity index is 834. The van der Waals surface area contributed by atoms with Crippen LogP contribution in [0, 0.1) is 23.1 Å². The van der Waals surface area contributed by atoms with Crippen LogP contribution in [0.1, 0.15) is 23.5 Å². The van der Waals surface area contributed by atoms with Crippen molar-refractivity contribution in [1.82, 2.24) is 5.32 Å². The Balaban J connectivity index is 1.46. The van der Waals surface area contributed by atoms with Gasteiger partial charge < -0.3 is 10.6 Å². The van der Waals surface area contributed by atoms with Gasteiger partial charge in [-0.3, -0.25) is 4.79 Å². The summed E-state index contributed by atoms with van der Waals surface area (Å²) in [7, 11) is 0. The molecule has 1 fully saturated rings. The van der Waals surface area contributed by atoms with Gasteiger partial charge in [-0.05, 0) is 36.1 Å². The van der Waals surface area contributed by atoms with Gasteiger partial charge in [-0.2, -0.15) is 5.26 Å². The number of rotatable bonds is 6. The summed E-state index contributed by atoms with van der Waals surface area (Å²) in [6.07, 6.45) is 0.797. The van der Waals surface area contributed by atoms with Gasteiger partial charge in [0.05, 0.1) is 5.69 Å². The number of nitrogens with one attached hydrogen (secondary N) is 2. The minimum Gasteiger partial charge on any atom is -0.382 e. The highest BCUT2D eigenvalue weighted by molar-refractivity contribution is 6.31. The Morgan fingerprint density at radius 1 is 1.24 bits per heavy atom. The van der Waals surface area contributed by atoms with E-state index in [1.807, 2.05) is 30.3 Å². The maximum atomic E-state index is 13.5. The fraction of sp³-hybridized carbons (Fsp3) is 0.263. The van der Waals surface area contributed by atoms with Crippen molar-refractivity contribution in [3.8, 4) is 6.07 Å². The molecular formula is C19H17ClFN3O. The normalized spacial score (nSPS) is 18.3. The van der Waals surface area contributed by atoms with Gasteiger partial charge in [0, 0.05) is 24.0 Å². The maximum Gasteiger partial charge on any atom is 0.223 e. The Morgan fingerprint density at radius 3 is 2.80 bits per heavy atom. The number of anilines is 1. The van der Waals surface area contributed by atoms with E-state index in [1.54, 1.807) is 6.07 Å². The van der Waals surface area contributed by atoms with Crippen LogP contribution < -0.4 is 10.6 Å². The molecule has 2 aromatic carbocycles. The van der Waals surface area contributed by atoms with Gasteiger partial charge in [-0.15, -0.1) is 0 Å². The molecule has 128 valence electrons. The summed E-state index contributed by atoms with van der Waals surface area (Å²) in [5.74, 6) is -0.442. The Morgan fingerprint density at radius 2 is 2.04 bits per heavy atom. The zero-order valence-electron chi connectivity index (χ0n) is 13.4. The lowest BCUT2D eigenvalue weighted by atomic mass is 10.1. The van der Waals surface area contributed by atoms with Gasteiger partial charge in [0.1, 0.15) is 17.4 Å². The molecule has 2 N–H and O–H groups in total. The molecule has 1 amide bonds. The van der Waals surface area contributed by atoms with Crippen LogP contribution in [-0.4, -0.2) is 19.0 Å². The first kappa shape index (κ1) is 17.2. The van der Waals surface area contributed by atoms with E-state index in [2.05, 4.69) is 10.6 Å². The minimum absolute atomic E-state index is 0.00790. The van der Waals surface area contributed by atoms with E-state index in [9.17, 15) is 9.18 Å². The van der Waals surface area contributed by atoms with Crippen molar-refractivity contribution in [3.05, 3.63) is 64.4 Å². The highest BCUT2D eigenvalue weighted by Crippen LogP contribution is 2.49. The molecule has 0 spiro atoms. The molecule has 0 heterocycles. The number of nitriles is 1. The zero-order valence-corrected chi connectivity index (χ0v) is 14.2. The number of benzene rings is 2. The molecule has 4 nitrogen and oxygen atoms in total. The van der Waals surface area contributed by atoms with Gasteiger partial charge in [-0.1, -0.05) is 35.9 Å². The smallest absolute Gasteiger partial charge is 0.223 e. The molecule has 2 atom stereocenters. The predicted molar refractivity (Wildman–Crippen MR) is 94.9 cm³/mol. The Kier molecular flexibility index (Phi) is 5.20. The van der Waals surface area contributed by atoms with Crippen LogP contribution in [0.3, 0.4) is 0 Å². The lowest BCUT2D eigenvalue weighted by molar-refractivity contribution is -0.122. The summed E-state index contributed by atoms with van der Waals surface area (Å²) in [5, 5.41) is 15.5. The molecule has 1 saturated carbocycles. The highest BCUT2D eigenvalue weighted by Gasteiger charge is 2.44. The fourth-order valence-corrected chi connectivity index (χ4v) is 3.18. The Labute approximate surface area is 150 Å².